The number of aromatic nitrogens is 3. The lowest BCUT2D eigenvalue weighted by Crippen LogP contribution is -2.03. The predicted molar refractivity (Wildman–Crippen MR) is 129 cm³/mol. The molecule has 0 bridgehead atoms. The Labute approximate surface area is 187 Å². The molecule has 0 unspecified atom stereocenters. The Kier molecular flexibility index (Phi) is 5.30. The summed E-state index contributed by atoms with van der Waals surface area (Å²) in [5.74, 6) is 1.66. The van der Waals surface area contributed by atoms with Crippen molar-refractivity contribution in [3.8, 4) is 22.6 Å². The number of anilines is 1. The molecule has 0 saturated carbocycles. The highest BCUT2D eigenvalue weighted by Crippen LogP contribution is 2.35. The van der Waals surface area contributed by atoms with Gasteiger partial charge in [0, 0.05) is 24.0 Å². The fourth-order valence-corrected chi connectivity index (χ4v) is 3.86. The summed E-state index contributed by atoms with van der Waals surface area (Å²) in [6, 6.07) is 26.9. The monoisotopic (exact) mass is 420 g/mol. The zero-order valence-electron chi connectivity index (χ0n) is 18.1. The van der Waals surface area contributed by atoms with Crippen LogP contribution in [0.15, 0.2) is 91.4 Å². The fourth-order valence-electron chi connectivity index (χ4n) is 3.86. The molecule has 32 heavy (non-hydrogen) atoms. The van der Waals surface area contributed by atoms with Crippen LogP contribution >= 0.6 is 0 Å². The molecule has 5 heteroatoms. The number of benzene rings is 3. The van der Waals surface area contributed by atoms with Crippen molar-refractivity contribution in [1.82, 2.24) is 14.5 Å². The lowest BCUT2D eigenvalue weighted by molar-refractivity contribution is 0.414. The minimum atomic E-state index is 0.653. The van der Waals surface area contributed by atoms with Crippen LogP contribution in [0, 0.1) is 6.92 Å². The minimum Gasteiger partial charge on any atom is -0.497 e. The van der Waals surface area contributed by atoms with Crippen LogP contribution in [0.4, 0.5) is 5.82 Å². The van der Waals surface area contributed by atoms with Crippen LogP contribution in [0.5, 0.6) is 5.75 Å². The van der Waals surface area contributed by atoms with Gasteiger partial charge in [0.1, 0.15) is 17.9 Å². The molecule has 0 saturated heterocycles. The lowest BCUT2D eigenvalue weighted by atomic mass is 10.1. The van der Waals surface area contributed by atoms with Crippen LogP contribution in [0.25, 0.3) is 27.8 Å². The Balaban J connectivity index is 1.60. The predicted octanol–water partition coefficient (Wildman–Crippen LogP) is 6.02. The van der Waals surface area contributed by atoms with Crippen LogP contribution in [0.1, 0.15) is 11.1 Å². The Bertz CT molecular complexity index is 1340. The average molecular weight is 421 g/mol. The first-order valence-electron chi connectivity index (χ1n) is 10.6. The van der Waals surface area contributed by atoms with E-state index in [0.717, 1.165) is 45.0 Å². The van der Waals surface area contributed by atoms with Crippen molar-refractivity contribution in [2.75, 3.05) is 12.4 Å². The molecule has 0 radical (unpaired) electrons. The van der Waals surface area contributed by atoms with Gasteiger partial charge in [-0.1, -0.05) is 60.2 Å². The van der Waals surface area contributed by atoms with Gasteiger partial charge in [-0.05, 0) is 42.3 Å². The first-order chi connectivity index (χ1) is 15.7. The summed E-state index contributed by atoms with van der Waals surface area (Å²) in [6.45, 7) is 2.75. The topological polar surface area (TPSA) is 52.0 Å². The first kappa shape index (κ1) is 19.8. The number of rotatable bonds is 6. The summed E-state index contributed by atoms with van der Waals surface area (Å²) >= 11 is 0. The van der Waals surface area contributed by atoms with Crippen molar-refractivity contribution in [1.29, 1.82) is 0 Å². The Morgan fingerprint density at radius 1 is 0.875 bits per heavy atom. The van der Waals surface area contributed by atoms with E-state index >= 15 is 0 Å². The molecule has 0 fully saturated rings. The summed E-state index contributed by atoms with van der Waals surface area (Å²) in [6.07, 6.45) is 3.77. The van der Waals surface area contributed by atoms with Gasteiger partial charge in [-0.15, -0.1) is 0 Å². The fraction of sp³-hybridized carbons (Fsp3) is 0.111. The van der Waals surface area contributed by atoms with Crippen molar-refractivity contribution >= 4 is 16.9 Å². The third kappa shape index (κ3) is 3.81. The van der Waals surface area contributed by atoms with E-state index in [9.17, 15) is 0 Å². The van der Waals surface area contributed by atoms with Crippen molar-refractivity contribution in [3.63, 3.8) is 0 Å². The van der Waals surface area contributed by atoms with Gasteiger partial charge in [-0.25, -0.2) is 9.97 Å². The van der Waals surface area contributed by atoms with E-state index in [1.54, 1.807) is 13.4 Å². The van der Waals surface area contributed by atoms with Crippen LogP contribution in [0.2, 0.25) is 0 Å². The number of methoxy groups -OCH3 is 1. The molecular weight excluding hydrogens is 396 g/mol. The van der Waals surface area contributed by atoms with E-state index in [1.165, 1.54) is 5.56 Å². The summed E-state index contributed by atoms with van der Waals surface area (Å²) < 4.78 is 7.40. The van der Waals surface area contributed by atoms with Crippen molar-refractivity contribution in [3.05, 3.63) is 103 Å². The third-order valence-electron chi connectivity index (χ3n) is 5.60. The smallest absolute Gasteiger partial charge is 0.150 e. The summed E-state index contributed by atoms with van der Waals surface area (Å²) in [4.78, 5) is 9.26. The van der Waals surface area contributed by atoms with E-state index in [0.29, 0.717) is 6.54 Å². The van der Waals surface area contributed by atoms with Gasteiger partial charge in [0.05, 0.1) is 12.5 Å². The molecular formula is C27H24N4O. The number of ether oxygens (including phenoxy) is 1. The van der Waals surface area contributed by atoms with E-state index in [-0.39, 0.29) is 0 Å². The molecule has 3 aromatic carbocycles. The standard InChI is InChI=1S/C27H24N4O/c1-19-8-12-22(13-9-19)31-17-24(21-6-4-3-5-7-21)25-26(29-18-30-27(25)31)28-16-20-10-14-23(32-2)15-11-20/h3-15,17-18H,16H2,1-2H3,(H,28,29,30). The van der Waals surface area contributed by atoms with Gasteiger partial charge in [0.15, 0.2) is 5.65 Å². The van der Waals surface area contributed by atoms with E-state index < -0.39 is 0 Å². The maximum Gasteiger partial charge on any atom is 0.150 e. The molecule has 0 atom stereocenters. The van der Waals surface area contributed by atoms with E-state index in [1.807, 2.05) is 18.2 Å². The Morgan fingerprint density at radius 3 is 2.34 bits per heavy atom. The molecule has 2 aromatic heterocycles. The molecule has 5 rings (SSSR count). The SMILES string of the molecule is COc1ccc(CNc2ncnc3c2c(-c2ccccc2)cn3-c2ccc(C)cc2)cc1. The molecule has 0 aliphatic carbocycles. The highest BCUT2D eigenvalue weighted by atomic mass is 16.5. The Morgan fingerprint density at radius 2 is 1.62 bits per heavy atom. The second-order valence-electron chi connectivity index (χ2n) is 7.74. The summed E-state index contributed by atoms with van der Waals surface area (Å²) in [5.41, 5.74) is 6.55. The minimum absolute atomic E-state index is 0.653. The number of nitrogens with one attached hydrogen (secondary N) is 1. The summed E-state index contributed by atoms with van der Waals surface area (Å²) in [7, 11) is 1.68. The third-order valence-corrected chi connectivity index (χ3v) is 5.60. The maximum absolute atomic E-state index is 5.26. The number of nitrogens with zero attached hydrogens (tertiary/aromatic N) is 3. The second kappa shape index (κ2) is 8.55. The van der Waals surface area contributed by atoms with Gasteiger partial charge in [0.2, 0.25) is 0 Å². The van der Waals surface area contributed by atoms with Gasteiger partial charge >= 0.3 is 0 Å². The van der Waals surface area contributed by atoms with Gasteiger partial charge in [-0.3, -0.25) is 0 Å². The van der Waals surface area contributed by atoms with Crippen LogP contribution < -0.4 is 10.1 Å². The Hall–Kier alpha value is -4.12. The second-order valence-corrected chi connectivity index (χ2v) is 7.74. The maximum atomic E-state index is 5.26. The number of hydrogen-bond donors (Lipinski definition) is 1. The highest BCUT2D eigenvalue weighted by molar-refractivity contribution is 6.02. The molecule has 0 aliphatic rings. The zero-order valence-corrected chi connectivity index (χ0v) is 18.1. The molecule has 5 nitrogen and oxygen atoms in total. The molecule has 1 N–H and O–H groups in total. The van der Waals surface area contributed by atoms with Crippen molar-refractivity contribution in [2.45, 2.75) is 13.5 Å². The van der Waals surface area contributed by atoms with Gasteiger partial charge in [-0.2, -0.15) is 0 Å². The van der Waals surface area contributed by atoms with E-state index in [4.69, 9.17) is 4.74 Å². The molecule has 0 amide bonds. The molecule has 158 valence electrons. The molecule has 5 aromatic rings. The first-order valence-corrected chi connectivity index (χ1v) is 10.6. The van der Waals surface area contributed by atoms with Gasteiger partial charge in [0.25, 0.3) is 0 Å². The van der Waals surface area contributed by atoms with E-state index in [2.05, 4.69) is 93.6 Å². The summed E-state index contributed by atoms with van der Waals surface area (Å²) in [5, 5.41) is 4.53. The van der Waals surface area contributed by atoms with Gasteiger partial charge < -0.3 is 14.6 Å². The normalized spacial score (nSPS) is 10.9. The van der Waals surface area contributed by atoms with Crippen molar-refractivity contribution in [2.24, 2.45) is 0 Å². The molecule has 0 aliphatic heterocycles. The van der Waals surface area contributed by atoms with Crippen LogP contribution in [0.3, 0.4) is 0 Å². The molecule has 2 heterocycles. The lowest BCUT2D eigenvalue weighted by Gasteiger charge is -2.10. The van der Waals surface area contributed by atoms with Crippen LogP contribution in [-0.4, -0.2) is 21.6 Å². The number of fused-ring (bicyclic) bond motifs is 1. The number of hydrogen-bond acceptors (Lipinski definition) is 4. The number of aryl methyl sites for hydroxylation is 1. The van der Waals surface area contributed by atoms with Crippen molar-refractivity contribution < 1.29 is 4.74 Å². The highest BCUT2D eigenvalue weighted by Gasteiger charge is 2.17. The largest absolute Gasteiger partial charge is 0.497 e. The van der Waals surface area contributed by atoms with Crippen LogP contribution in [-0.2, 0) is 6.54 Å². The average Bonchev–Trinajstić information content (AvgIpc) is 3.24. The zero-order chi connectivity index (χ0) is 21.9. The molecule has 0 spiro atoms. The quantitative estimate of drug-likeness (QED) is 0.365.